The minimum Gasteiger partial charge on any atom is -0.492 e. The van der Waals surface area contributed by atoms with Gasteiger partial charge >= 0.3 is 0 Å². The van der Waals surface area contributed by atoms with Crippen LogP contribution in [0.1, 0.15) is 122 Å². The molecule has 0 N–H and O–H groups in total. The number of rotatable bonds is 16. The molecule has 44 heavy (non-hydrogen) atoms. The first-order valence-electron chi connectivity index (χ1n) is 16.1. The lowest BCUT2D eigenvalue weighted by Crippen LogP contribution is -2.13. The number of aldehydes is 2. The highest BCUT2D eigenvalue weighted by atomic mass is 16.5. The Bertz CT molecular complexity index is 1330. The van der Waals surface area contributed by atoms with Gasteiger partial charge in [-0.05, 0) is 48.9 Å². The van der Waals surface area contributed by atoms with E-state index in [-0.39, 0.29) is 0 Å². The van der Waals surface area contributed by atoms with Crippen LogP contribution in [0.25, 0.3) is 0 Å². The molecule has 3 rings (SSSR count). The molecule has 3 aromatic carbocycles. The Labute approximate surface area is 264 Å². The number of hydrogen-bond donors (Lipinski definition) is 0. The third kappa shape index (κ3) is 11.1. The van der Waals surface area contributed by atoms with Gasteiger partial charge in [0.2, 0.25) is 0 Å². The summed E-state index contributed by atoms with van der Waals surface area (Å²) in [6, 6.07) is 18.4. The van der Waals surface area contributed by atoms with E-state index in [2.05, 4.69) is 51.4 Å². The van der Waals surface area contributed by atoms with Gasteiger partial charge in [-0.15, -0.1) is 0 Å². The van der Waals surface area contributed by atoms with Crippen molar-refractivity contribution in [1.82, 2.24) is 0 Å². The second-order valence-corrected chi connectivity index (χ2v) is 11.3. The van der Waals surface area contributed by atoms with E-state index in [1.165, 1.54) is 12.8 Å². The van der Waals surface area contributed by atoms with Gasteiger partial charge in [-0.2, -0.15) is 0 Å². The van der Waals surface area contributed by atoms with Crippen molar-refractivity contribution in [2.75, 3.05) is 13.2 Å². The Morgan fingerprint density at radius 2 is 0.977 bits per heavy atom. The number of benzene rings is 3. The smallest absolute Gasteiger partial charge is 0.150 e. The van der Waals surface area contributed by atoms with Crippen LogP contribution in [0.3, 0.4) is 0 Å². The van der Waals surface area contributed by atoms with E-state index in [0.29, 0.717) is 47.7 Å². The van der Waals surface area contributed by atoms with E-state index in [4.69, 9.17) is 9.47 Å². The molecule has 0 aliphatic rings. The van der Waals surface area contributed by atoms with Crippen LogP contribution >= 0.6 is 0 Å². The summed E-state index contributed by atoms with van der Waals surface area (Å²) in [7, 11) is 0. The lowest BCUT2D eigenvalue weighted by Gasteiger charge is -2.19. The van der Waals surface area contributed by atoms with Gasteiger partial charge < -0.3 is 9.47 Å². The zero-order valence-corrected chi connectivity index (χ0v) is 26.8. The molecule has 0 fully saturated rings. The molecule has 2 atom stereocenters. The van der Waals surface area contributed by atoms with Crippen LogP contribution in [0.2, 0.25) is 0 Å². The number of unbranched alkanes of at least 4 members (excludes halogenated alkanes) is 2. The van der Waals surface area contributed by atoms with E-state index in [1.54, 1.807) is 24.3 Å². The van der Waals surface area contributed by atoms with Crippen LogP contribution in [-0.2, 0) is 0 Å². The summed E-state index contributed by atoms with van der Waals surface area (Å²) >= 11 is 0. The largest absolute Gasteiger partial charge is 0.492 e. The summed E-state index contributed by atoms with van der Waals surface area (Å²) in [5.41, 5.74) is 4.34. The van der Waals surface area contributed by atoms with E-state index >= 15 is 0 Å². The highest BCUT2D eigenvalue weighted by Gasteiger charge is 2.15. The molecule has 0 aromatic heterocycles. The summed E-state index contributed by atoms with van der Waals surface area (Å²) < 4.78 is 13.0. The maximum atomic E-state index is 11.1. The minimum absolute atomic E-state index is 0.456. The summed E-state index contributed by atoms with van der Waals surface area (Å²) in [6.45, 7) is 10.1. The van der Waals surface area contributed by atoms with Crippen LogP contribution in [0.4, 0.5) is 0 Å². The Morgan fingerprint density at radius 1 is 0.591 bits per heavy atom. The van der Waals surface area contributed by atoms with Crippen LogP contribution in [-0.4, -0.2) is 25.8 Å². The standard InChI is InChI=1S/C40H46O4/c1-5-9-11-31(7-3)29-43-39-25-38(24-22-34-15-19-36(28-42)20-16-34)40(44-30-32(8-4)12-10-6-2)26-37(39)23-21-33-13-17-35(27-41)18-14-33/h13-20,25-28,31-32H,5-12,29-30H2,1-4H3. The SMILES string of the molecule is CCCCC(CC)COc1cc(C#Cc2ccc(C=O)cc2)c(OCC(CC)CCCC)cc1C#Cc1ccc(C=O)cc1. The molecular formula is C40H46O4. The molecule has 230 valence electrons. The highest BCUT2D eigenvalue weighted by molar-refractivity contribution is 5.75. The van der Waals surface area contributed by atoms with E-state index < -0.39 is 0 Å². The van der Waals surface area contributed by atoms with Gasteiger partial charge in [0, 0.05) is 34.4 Å². The normalized spacial score (nSPS) is 11.7. The van der Waals surface area contributed by atoms with Crippen molar-refractivity contribution in [3.63, 3.8) is 0 Å². The quantitative estimate of drug-likeness (QED) is 0.123. The average Bonchev–Trinajstić information content (AvgIpc) is 3.07. The fourth-order valence-corrected chi connectivity index (χ4v) is 4.77. The van der Waals surface area contributed by atoms with Gasteiger partial charge in [0.25, 0.3) is 0 Å². The highest BCUT2D eigenvalue weighted by Crippen LogP contribution is 2.30. The van der Waals surface area contributed by atoms with Gasteiger partial charge in [0.15, 0.2) is 0 Å². The van der Waals surface area contributed by atoms with Crippen molar-refractivity contribution < 1.29 is 19.1 Å². The molecule has 0 heterocycles. The molecule has 3 aromatic rings. The zero-order chi connectivity index (χ0) is 31.6. The Kier molecular flexibility index (Phi) is 14.8. The molecule has 0 radical (unpaired) electrons. The molecule has 4 nitrogen and oxygen atoms in total. The first-order chi connectivity index (χ1) is 21.5. The molecule has 0 amide bonds. The summed E-state index contributed by atoms with van der Waals surface area (Å²) in [5, 5.41) is 0. The number of ether oxygens (including phenoxy) is 2. The fourth-order valence-electron chi connectivity index (χ4n) is 4.77. The van der Waals surface area contributed by atoms with Gasteiger partial charge in [0.1, 0.15) is 24.1 Å². The van der Waals surface area contributed by atoms with E-state index in [0.717, 1.165) is 73.4 Å². The third-order valence-electron chi connectivity index (χ3n) is 7.89. The third-order valence-corrected chi connectivity index (χ3v) is 7.89. The first-order valence-corrected chi connectivity index (χ1v) is 16.1. The summed E-state index contributed by atoms with van der Waals surface area (Å²) in [4.78, 5) is 22.2. The first kappa shape index (κ1) is 34.2. The van der Waals surface area contributed by atoms with Crippen LogP contribution < -0.4 is 9.47 Å². The van der Waals surface area contributed by atoms with Crippen LogP contribution in [0, 0.1) is 35.5 Å². The van der Waals surface area contributed by atoms with Crippen molar-refractivity contribution in [1.29, 1.82) is 0 Å². The van der Waals surface area contributed by atoms with Gasteiger partial charge in [-0.1, -0.05) is 114 Å². The van der Waals surface area contributed by atoms with Crippen LogP contribution in [0.15, 0.2) is 60.7 Å². The van der Waals surface area contributed by atoms with Crippen molar-refractivity contribution in [2.45, 2.75) is 79.1 Å². The second-order valence-electron chi connectivity index (χ2n) is 11.3. The van der Waals surface area contributed by atoms with Crippen molar-refractivity contribution in [2.24, 2.45) is 11.8 Å². The molecule has 0 bridgehead atoms. The maximum Gasteiger partial charge on any atom is 0.150 e. The predicted octanol–water partition coefficient (Wildman–Crippen LogP) is 9.30. The molecule has 0 spiro atoms. The molecule has 4 heteroatoms. The number of carbonyl (C=O) groups excluding carboxylic acids is 2. The Balaban J connectivity index is 2.06. The van der Waals surface area contributed by atoms with Gasteiger partial charge in [-0.25, -0.2) is 0 Å². The number of hydrogen-bond acceptors (Lipinski definition) is 4. The van der Waals surface area contributed by atoms with E-state index in [9.17, 15) is 9.59 Å². The van der Waals surface area contributed by atoms with Crippen molar-refractivity contribution in [3.8, 4) is 35.2 Å². The molecule has 0 aliphatic heterocycles. The molecule has 2 unspecified atom stereocenters. The topological polar surface area (TPSA) is 52.6 Å². The monoisotopic (exact) mass is 590 g/mol. The van der Waals surface area contributed by atoms with Gasteiger partial charge in [0.05, 0.1) is 24.3 Å². The van der Waals surface area contributed by atoms with Crippen molar-refractivity contribution >= 4 is 12.6 Å². The average molecular weight is 591 g/mol. The summed E-state index contributed by atoms with van der Waals surface area (Å²) in [6.07, 6.45) is 10.7. The maximum absolute atomic E-state index is 11.1. The fraction of sp³-hybridized carbons (Fsp3) is 0.400. The Hall–Kier alpha value is -4.28. The zero-order valence-electron chi connectivity index (χ0n) is 26.8. The number of carbonyl (C=O) groups is 2. The minimum atomic E-state index is 0.456. The molecule has 0 saturated heterocycles. The molecular weight excluding hydrogens is 544 g/mol. The summed E-state index contributed by atoms with van der Waals surface area (Å²) in [5.74, 6) is 15.4. The van der Waals surface area contributed by atoms with Gasteiger partial charge in [-0.3, -0.25) is 9.59 Å². The van der Waals surface area contributed by atoms with Crippen molar-refractivity contribution in [3.05, 3.63) is 94.0 Å². The Morgan fingerprint density at radius 3 is 1.30 bits per heavy atom. The molecule has 0 aliphatic carbocycles. The predicted molar refractivity (Wildman–Crippen MR) is 180 cm³/mol. The second kappa shape index (κ2) is 19.1. The molecule has 0 saturated carbocycles. The van der Waals surface area contributed by atoms with E-state index in [1.807, 2.05) is 36.4 Å². The lowest BCUT2D eigenvalue weighted by molar-refractivity contribution is 0.111. The van der Waals surface area contributed by atoms with Crippen LogP contribution in [0.5, 0.6) is 11.5 Å². The lowest BCUT2D eigenvalue weighted by atomic mass is 10.00.